The maximum atomic E-state index is 11.7. The van der Waals surface area contributed by atoms with E-state index in [0.717, 1.165) is 17.8 Å². The molecule has 21 heavy (non-hydrogen) atoms. The van der Waals surface area contributed by atoms with E-state index in [9.17, 15) is 4.79 Å². The first-order valence-corrected chi connectivity index (χ1v) is 7.16. The lowest BCUT2D eigenvalue weighted by Gasteiger charge is -2.07. The minimum Gasteiger partial charge on any atom is -0.484 e. The average molecular weight is 286 g/mol. The van der Waals surface area contributed by atoms with Crippen LogP contribution in [0.15, 0.2) is 30.3 Å². The van der Waals surface area contributed by atoms with Gasteiger partial charge in [0.1, 0.15) is 5.75 Å². The van der Waals surface area contributed by atoms with Crippen LogP contribution in [0.25, 0.3) is 0 Å². The summed E-state index contributed by atoms with van der Waals surface area (Å²) in [6.45, 7) is 6.76. The van der Waals surface area contributed by atoms with E-state index in [-0.39, 0.29) is 12.5 Å². The molecule has 2 N–H and O–H groups in total. The number of rotatable bonds is 6. The number of aromatic amines is 1. The van der Waals surface area contributed by atoms with Crippen molar-refractivity contribution in [3.8, 4) is 5.75 Å². The van der Waals surface area contributed by atoms with Crippen molar-refractivity contribution in [1.29, 1.82) is 0 Å². The summed E-state index contributed by atoms with van der Waals surface area (Å²) in [5, 5.41) is 2.87. The number of aromatic nitrogens is 1. The third kappa shape index (κ3) is 4.67. The molecule has 0 aliphatic heterocycles. The predicted octanol–water partition coefficient (Wildman–Crippen LogP) is 2.68. The topological polar surface area (TPSA) is 54.1 Å². The van der Waals surface area contributed by atoms with Crippen LogP contribution in [0.5, 0.6) is 5.75 Å². The Balaban J connectivity index is 1.70. The molecule has 0 unspecified atom stereocenters. The van der Waals surface area contributed by atoms with E-state index in [4.69, 9.17) is 4.74 Å². The number of ether oxygens (including phenoxy) is 1. The minimum absolute atomic E-state index is 0.0498. The Bertz CT molecular complexity index is 600. The van der Waals surface area contributed by atoms with Gasteiger partial charge in [-0.1, -0.05) is 17.7 Å². The first-order valence-electron chi connectivity index (χ1n) is 7.16. The molecule has 1 amide bonds. The molecule has 1 heterocycles. The van der Waals surface area contributed by atoms with Gasteiger partial charge >= 0.3 is 0 Å². The zero-order valence-electron chi connectivity index (χ0n) is 12.8. The van der Waals surface area contributed by atoms with Gasteiger partial charge in [-0.05, 0) is 51.0 Å². The smallest absolute Gasteiger partial charge is 0.257 e. The van der Waals surface area contributed by atoms with E-state index in [1.165, 1.54) is 11.1 Å². The molecule has 0 radical (unpaired) electrons. The van der Waals surface area contributed by atoms with Crippen LogP contribution < -0.4 is 10.1 Å². The van der Waals surface area contributed by atoms with E-state index in [2.05, 4.69) is 16.4 Å². The second kappa shape index (κ2) is 6.97. The van der Waals surface area contributed by atoms with Crippen molar-refractivity contribution in [2.75, 3.05) is 13.2 Å². The lowest BCUT2D eigenvalue weighted by atomic mass is 10.2. The third-order valence-electron chi connectivity index (χ3n) is 3.36. The van der Waals surface area contributed by atoms with Gasteiger partial charge in [0.15, 0.2) is 6.61 Å². The number of hydrogen-bond donors (Lipinski definition) is 2. The quantitative estimate of drug-likeness (QED) is 0.858. The van der Waals surface area contributed by atoms with Gasteiger partial charge in [-0.3, -0.25) is 4.79 Å². The molecule has 2 rings (SSSR count). The number of benzene rings is 1. The van der Waals surface area contributed by atoms with Crippen molar-refractivity contribution >= 4 is 5.91 Å². The second-order valence-corrected chi connectivity index (χ2v) is 5.30. The molecule has 0 saturated heterocycles. The standard InChI is InChI=1S/C17H22N2O2/c1-12-4-6-16(7-5-12)21-11-17(20)18-9-8-15-10-13(2)19-14(15)3/h4-7,10,19H,8-9,11H2,1-3H3,(H,18,20). The molecule has 0 bridgehead atoms. The number of carbonyl (C=O) groups is 1. The molecule has 1 aromatic carbocycles. The summed E-state index contributed by atoms with van der Waals surface area (Å²) in [7, 11) is 0. The Labute approximate surface area is 125 Å². The van der Waals surface area contributed by atoms with Gasteiger partial charge < -0.3 is 15.0 Å². The van der Waals surface area contributed by atoms with E-state index < -0.39 is 0 Å². The summed E-state index contributed by atoms with van der Waals surface area (Å²) in [6.07, 6.45) is 0.826. The number of carbonyl (C=O) groups excluding carboxylic acids is 1. The van der Waals surface area contributed by atoms with Gasteiger partial charge in [0.2, 0.25) is 0 Å². The van der Waals surface area contributed by atoms with Crippen molar-refractivity contribution in [3.05, 3.63) is 52.8 Å². The second-order valence-electron chi connectivity index (χ2n) is 5.30. The minimum atomic E-state index is -0.0968. The molecule has 0 saturated carbocycles. The predicted molar refractivity (Wildman–Crippen MR) is 83.7 cm³/mol. The van der Waals surface area contributed by atoms with Crippen LogP contribution in [-0.2, 0) is 11.2 Å². The van der Waals surface area contributed by atoms with Crippen molar-refractivity contribution in [2.24, 2.45) is 0 Å². The molecule has 112 valence electrons. The molecule has 4 heteroatoms. The van der Waals surface area contributed by atoms with Gasteiger partial charge in [0, 0.05) is 17.9 Å². The molecule has 0 aliphatic rings. The van der Waals surface area contributed by atoms with Gasteiger partial charge in [-0.2, -0.15) is 0 Å². The van der Waals surface area contributed by atoms with Crippen LogP contribution in [0.4, 0.5) is 0 Å². The van der Waals surface area contributed by atoms with E-state index in [0.29, 0.717) is 12.3 Å². The highest BCUT2D eigenvalue weighted by Crippen LogP contribution is 2.11. The van der Waals surface area contributed by atoms with Crippen LogP contribution in [0.2, 0.25) is 0 Å². The number of aryl methyl sites for hydroxylation is 3. The van der Waals surface area contributed by atoms with Gasteiger partial charge in [-0.15, -0.1) is 0 Å². The molecule has 0 spiro atoms. The lowest BCUT2D eigenvalue weighted by Crippen LogP contribution is -2.30. The number of H-pyrrole nitrogens is 1. The summed E-state index contributed by atoms with van der Waals surface area (Å²) in [4.78, 5) is 15.0. The van der Waals surface area contributed by atoms with Gasteiger partial charge in [-0.25, -0.2) is 0 Å². The van der Waals surface area contributed by atoms with Crippen LogP contribution in [0.1, 0.15) is 22.5 Å². The SMILES string of the molecule is Cc1ccc(OCC(=O)NCCc2cc(C)[nH]c2C)cc1. The maximum absolute atomic E-state index is 11.7. The summed E-state index contributed by atoms with van der Waals surface area (Å²) in [6, 6.07) is 9.78. The first-order chi connectivity index (χ1) is 10.0. The maximum Gasteiger partial charge on any atom is 0.257 e. The van der Waals surface area contributed by atoms with Crippen molar-refractivity contribution in [3.63, 3.8) is 0 Å². The first kappa shape index (κ1) is 15.2. The fourth-order valence-electron chi connectivity index (χ4n) is 2.21. The van der Waals surface area contributed by atoms with E-state index in [1.54, 1.807) is 0 Å². The van der Waals surface area contributed by atoms with E-state index >= 15 is 0 Å². The van der Waals surface area contributed by atoms with Crippen molar-refractivity contribution in [2.45, 2.75) is 27.2 Å². The molecule has 4 nitrogen and oxygen atoms in total. The third-order valence-corrected chi connectivity index (χ3v) is 3.36. The fraction of sp³-hybridized carbons (Fsp3) is 0.353. The summed E-state index contributed by atoms with van der Waals surface area (Å²) >= 11 is 0. The normalized spacial score (nSPS) is 10.4. The molecule has 1 aromatic heterocycles. The Morgan fingerprint density at radius 1 is 1.19 bits per heavy atom. The van der Waals surface area contributed by atoms with Crippen LogP contribution in [0.3, 0.4) is 0 Å². The highest BCUT2D eigenvalue weighted by molar-refractivity contribution is 5.77. The van der Waals surface area contributed by atoms with Gasteiger partial charge in [0.05, 0.1) is 0 Å². The number of hydrogen-bond acceptors (Lipinski definition) is 2. The van der Waals surface area contributed by atoms with E-state index in [1.807, 2.05) is 45.0 Å². The molecule has 0 fully saturated rings. The summed E-state index contributed by atoms with van der Waals surface area (Å²) in [5.41, 5.74) is 4.73. The Morgan fingerprint density at radius 2 is 1.90 bits per heavy atom. The molecular weight excluding hydrogens is 264 g/mol. The molecule has 2 aromatic rings. The van der Waals surface area contributed by atoms with Crippen LogP contribution >= 0.6 is 0 Å². The Hall–Kier alpha value is -2.23. The molecular formula is C17H22N2O2. The van der Waals surface area contributed by atoms with Crippen LogP contribution in [0, 0.1) is 20.8 Å². The zero-order chi connectivity index (χ0) is 15.2. The Kier molecular flexibility index (Phi) is 5.04. The van der Waals surface area contributed by atoms with Crippen molar-refractivity contribution < 1.29 is 9.53 Å². The van der Waals surface area contributed by atoms with Crippen molar-refractivity contribution in [1.82, 2.24) is 10.3 Å². The highest BCUT2D eigenvalue weighted by atomic mass is 16.5. The largest absolute Gasteiger partial charge is 0.484 e. The summed E-state index contributed by atoms with van der Waals surface area (Å²) < 4.78 is 5.44. The van der Waals surface area contributed by atoms with Gasteiger partial charge in [0.25, 0.3) is 5.91 Å². The fourth-order valence-corrected chi connectivity index (χ4v) is 2.21. The summed E-state index contributed by atoms with van der Waals surface area (Å²) in [5.74, 6) is 0.619. The average Bonchev–Trinajstić information content (AvgIpc) is 2.76. The lowest BCUT2D eigenvalue weighted by molar-refractivity contribution is -0.123. The monoisotopic (exact) mass is 286 g/mol. The van der Waals surface area contributed by atoms with Crippen LogP contribution in [-0.4, -0.2) is 24.0 Å². The highest BCUT2D eigenvalue weighted by Gasteiger charge is 2.05. The number of amides is 1. The Morgan fingerprint density at radius 3 is 2.52 bits per heavy atom. The molecule has 0 aliphatic carbocycles. The zero-order valence-corrected chi connectivity index (χ0v) is 12.8. The number of nitrogens with one attached hydrogen (secondary N) is 2. The molecule has 0 atom stereocenters.